The van der Waals surface area contributed by atoms with Crippen LogP contribution in [0.3, 0.4) is 0 Å². The molecule has 5 heteroatoms. The van der Waals surface area contributed by atoms with Crippen molar-refractivity contribution in [3.8, 4) is 28.5 Å². The summed E-state index contributed by atoms with van der Waals surface area (Å²) in [4.78, 5) is 15.6. The van der Waals surface area contributed by atoms with Crippen molar-refractivity contribution in [2.24, 2.45) is 0 Å². The summed E-state index contributed by atoms with van der Waals surface area (Å²) in [6, 6.07) is 13.9. The fraction of sp³-hybridized carbons (Fsp3) is 0.0909. The summed E-state index contributed by atoms with van der Waals surface area (Å²) in [6.07, 6.45) is 4.01. The number of carbonyl (C=O) groups is 1. The number of hydrogen-bond donors (Lipinski definition) is 1. The second-order valence-electron chi connectivity index (χ2n) is 5.77. The Labute approximate surface area is 157 Å². The van der Waals surface area contributed by atoms with E-state index in [9.17, 15) is 9.90 Å². The Bertz CT molecular complexity index is 982. The van der Waals surface area contributed by atoms with Gasteiger partial charge in [0.05, 0.1) is 18.4 Å². The molecule has 1 N–H and O–H groups in total. The predicted molar refractivity (Wildman–Crippen MR) is 104 cm³/mol. The number of rotatable bonds is 7. The van der Waals surface area contributed by atoms with Crippen LogP contribution < -0.4 is 9.47 Å². The first kappa shape index (κ1) is 18.2. The van der Waals surface area contributed by atoms with Crippen LogP contribution in [0.2, 0.25) is 0 Å². The molecule has 3 aromatic rings. The summed E-state index contributed by atoms with van der Waals surface area (Å²) in [5, 5.41) is 9.93. The normalized spacial score (nSPS) is 10.3. The van der Waals surface area contributed by atoms with Crippen LogP contribution in [0.1, 0.15) is 21.5 Å². The number of pyridine rings is 1. The van der Waals surface area contributed by atoms with Gasteiger partial charge in [-0.15, -0.1) is 0 Å². The highest BCUT2D eigenvalue weighted by molar-refractivity contribution is 5.81. The molecule has 0 saturated carbocycles. The average molecular weight is 361 g/mol. The van der Waals surface area contributed by atoms with Gasteiger partial charge in [0.25, 0.3) is 0 Å². The van der Waals surface area contributed by atoms with E-state index in [1.165, 1.54) is 0 Å². The first-order valence-electron chi connectivity index (χ1n) is 8.32. The number of phenolic OH excluding ortho intramolecular Hbond substituents is 1. The molecule has 2 aromatic carbocycles. The maximum absolute atomic E-state index is 11.2. The number of carbonyl (C=O) groups excluding carboxylic acids is 1. The smallest absolute Gasteiger partial charge is 0.150 e. The van der Waals surface area contributed by atoms with Crippen molar-refractivity contribution >= 4 is 12.4 Å². The van der Waals surface area contributed by atoms with Gasteiger partial charge in [-0.1, -0.05) is 24.8 Å². The van der Waals surface area contributed by atoms with Gasteiger partial charge in [-0.25, -0.2) is 0 Å². The molecule has 136 valence electrons. The van der Waals surface area contributed by atoms with Gasteiger partial charge < -0.3 is 14.6 Å². The van der Waals surface area contributed by atoms with Crippen LogP contribution in [-0.4, -0.2) is 23.5 Å². The highest BCUT2D eigenvalue weighted by atomic mass is 16.5. The third-order valence-corrected chi connectivity index (χ3v) is 4.14. The second-order valence-corrected chi connectivity index (χ2v) is 5.77. The van der Waals surface area contributed by atoms with Crippen molar-refractivity contribution in [1.29, 1.82) is 0 Å². The minimum absolute atomic E-state index is 0.106. The Morgan fingerprint density at radius 1 is 1.15 bits per heavy atom. The van der Waals surface area contributed by atoms with E-state index >= 15 is 0 Å². The van der Waals surface area contributed by atoms with E-state index in [0.29, 0.717) is 33.9 Å². The lowest BCUT2D eigenvalue weighted by Gasteiger charge is -2.14. The molecule has 0 amide bonds. The van der Waals surface area contributed by atoms with Gasteiger partial charge in [0.15, 0.2) is 0 Å². The largest absolute Gasteiger partial charge is 0.507 e. The van der Waals surface area contributed by atoms with Gasteiger partial charge >= 0.3 is 0 Å². The highest BCUT2D eigenvalue weighted by Gasteiger charge is 2.14. The first-order chi connectivity index (χ1) is 13.2. The van der Waals surface area contributed by atoms with Gasteiger partial charge in [0, 0.05) is 22.9 Å². The van der Waals surface area contributed by atoms with E-state index < -0.39 is 0 Å². The SMILES string of the molecule is C=Cc1c(O)cccc1OCc1cccnc1-c1cc(C=O)ccc1OC. The third kappa shape index (κ3) is 3.82. The number of aldehydes is 1. The summed E-state index contributed by atoms with van der Waals surface area (Å²) < 4.78 is 11.3. The lowest BCUT2D eigenvalue weighted by molar-refractivity contribution is 0.112. The molecule has 0 aliphatic carbocycles. The predicted octanol–water partition coefficient (Wildman–Crippen LogP) is 4.50. The third-order valence-electron chi connectivity index (χ3n) is 4.14. The van der Waals surface area contributed by atoms with Crippen molar-refractivity contribution in [2.75, 3.05) is 7.11 Å². The maximum atomic E-state index is 11.2. The van der Waals surface area contributed by atoms with Crippen molar-refractivity contribution in [3.63, 3.8) is 0 Å². The Morgan fingerprint density at radius 3 is 2.74 bits per heavy atom. The Balaban J connectivity index is 1.98. The Kier molecular flexibility index (Phi) is 5.52. The van der Waals surface area contributed by atoms with Crippen LogP contribution in [0.15, 0.2) is 61.3 Å². The second kappa shape index (κ2) is 8.19. The van der Waals surface area contributed by atoms with E-state index in [-0.39, 0.29) is 12.4 Å². The molecule has 3 rings (SSSR count). The minimum Gasteiger partial charge on any atom is -0.507 e. The molecule has 0 atom stereocenters. The molecular weight excluding hydrogens is 342 g/mol. The molecule has 1 heterocycles. The monoisotopic (exact) mass is 361 g/mol. The van der Waals surface area contributed by atoms with Gasteiger partial charge in [-0.05, 0) is 36.4 Å². The molecule has 0 fully saturated rings. The molecule has 5 nitrogen and oxygen atoms in total. The summed E-state index contributed by atoms with van der Waals surface area (Å²) in [6.45, 7) is 3.94. The summed E-state index contributed by atoms with van der Waals surface area (Å²) >= 11 is 0. The van der Waals surface area contributed by atoms with E-state index in [1.807, 2.05) is 12.1 Å². The quantitative estimate of drug-likeness (QED) is 0.628. The molecule has 0 aliphatic rings. The number of ether oxygens (including phenoxy) is 2. The van der Waals surface area contributed by atoms with Gasteiger partial charge in [0.1, 0.15) is 30.1 Å². The van der Waals surface area contributed by atoms with E-state index in [1.54, 1.807) is 55.8 Å². The highest BCUT2D eigenvalue weighted by Crippen LogP contribution is 2.33. The fourth-order valence-electron chi connectivity index (χ4n) is 2.80. The zero-order valence-corrected chi connectivity index (χ0v) is 14.9. The molecule has 0 aliphatic heterocycles. The zero-order valence-electron chi connectivity index (χ0n) is 14.9. The average Bonchev–Trinajstić information content (AvgIpc) is 2.72. The molecule has 0 saturated heterocycles. The van der Waals surface area contributed by atoms with Crippen LogP contribution in [0.4, 0.5) is 0 Å². The first-order valence-corrected chi connectivity index (χ1v) is 8.32. The minimum atomic E-state index is 0.106. The lowest BCUT2D eigenvalue weighted by Crippen LogP contribution is -2.02. The van der Waals surface area contributed by atoms with Gasteiger partial charge in [-0.3, -0.25) is 9.78 Å². The number of benzene rings is 2. The Hall–Kier alpha value is -3.60. The maximum Gasteiger partial charge on any atom is 0.150 e. The topological polar surface area (TPSA) is 68.7 Å². The molecule has 0 bridgehead atoms. The number of hydrogen-bond acceptors (Lipinski definition) is 5. The number of phenols is 1. The van der Waals surface area contributed by atoms with E-state index in [4.69, 9.17) is 9.47 Å². The number of nitrogens with zero attached hydrogens (tertiary/aromatic N) is 1. The molecular formula is C22H19NO4. The van der Waals surface area contributed by atoms with Crippen molar-refractivity contribution in [2.45, 2.75) is 6.61 Å². The van der Waals surface area contributed by atoms with Gasteiger partial charge in [0.2, 0.25) is 0 Å². The molecule has 1 aromatic heterocycles. The zero-order chi connectivity index (χ0) is 19.2. The number of aromatic nitrogens is 1. The van der Waals surface area contributed by atoms with Crippen LogP contribution >= 0.6 is 0 Å². The van der Waals surface area contributed by atoms with Crippen LogP contribution in [-0.2, 0) is 6.61 Å². The standard InChI is InChI=1S/C22H19NO4/c1-3-17-19(25)7-4-8-21(17)27-14-16-6-5-11-23-22(16)18-12-15(13-24)9-10-20(18)26-2/h3-13,25H,1,14H2,2H3. The Morgan fingerprint density at radius 2 is 2.00 bits per heavy atom. The molecule has 0 spiro atoms. The molecule has 0 radical (unpaired) electrons. The van der Waals surface area contributed by atoms with Crippen LogP contribution in [0.25, 0.3) is 17.3 Å². The van der Waals surface area contributed by atoms with Crippen LogP contribution in [0, 0.1) is 0 Å². The number of methoxy groups -OCH3 is 1. The molecule has 0 unspecified atom stereocenters. The van der Waals surface area contributed by atoms with E-state index in [0.717, 1.165) is 11.8 Å². The lowest BCUT2D eigenvalue weighted by atomic mass is 10.0. The number of aromatic hydroxyl groups is 1. The van der Waals surface area contributed by atoms with Gasteiger partial charge in [-0.2, -0.15) is 0 Å². The van der Waals surface area contributed by atoms with Crippen molar-refractivity contribution in [1.82, 2.24) is 4.98 Å². The summed E-state index contributed by atoms with van der Waals surface area (Å²) in [5.74, 6) is 1.24. The summed E-state index contributed by atoms with van der Waals surface area (Å²) in [5.41, 5.74) is 3.26. The van der Waals surface area contributed by atoms with Crippen molar-refractivity contribution in [3.05, 3.63) is 78.0 Å². The van der Waals surface area contributed by atoms with E-state index in [2.05, 4.69) is 11.6 Å². The fourth-order valence-corrected chi connectivity index (χ4v) is 2.80. The molecule has 27 heavy (non-hydrogen) atoms. The summed E-state index contributed by atoms with van der Waals surface area (Å²) in [7, 11) is 1.57. The van der Waals surface area contributed by atoms with Crippen LogP contribution in [0.5, 0.6) is 17.2 Å². The van der Waals surface area contributed by atoms with Crippen molar-refractivity contribution < 1.29 is 19.4 Å².